The van der Waals surface area contributed by atoms with Crippen molar-refractivity contribution in [2.45, 2.75) is 20.3 Å². The smallest absolute Gasteiger partial charge is 0.212 e. The molecule has 0 fully saturated rings. The van der Waals surface area contributed by atoms with Gasteiger partial charge in [-0.05, 0) is 32.1 Å². The van der Waals surface area contributed by atoms with Gasteiger partial charge in [-0.2, -0.15) is 0 Å². The van der Waals surface area contributed by atoms with Gasteiger partial charge in [0.15, 0.2) is 5.78 Å². The maximum Gasteiger partial charge on any atom is 0.212 e. The molecule has 0 saturated heterocycles. The van der Waals surface area contributed by atoms with Crippen LogP contribution in [0.5, 0.6) is 0 Å². The van der Waals surface area contributed by atoms with Gasteiger partial charge in [0.1, 0.15) is 5.70 Å². The molecule has 2 aliphatic carbocycles. The van der Waals surface area contributed by atoms with E-state index in [-0.39, 0.29) is 17.3 Å². The molecule has 3 heteroatoms. The van der Waals surface area contributed by atoms with Crippen LogP contribution in [0.2, 0.25) is 0 Å². The van der Waals surface area contributed by atoms with Crippen LogP contribution in [0.4, 0.5) is 0 Å². The van der Waals surface area contributed by atoms with Crippen molar-refractivity contribution in [3.8, 4) is 0 Å². The molecule has 2 aliphatic rings. The predicted octanol–water partition coefficient (Wildman–Crippen LogP) is 3.61. The molecular weight excluding hydrogens is 262 g/mol. The number of aryl methyl sites for hydroxylation is 1. The largest absolute Gasteiger partial charge is 0.289 e. The Morgan fingerprint density at radius 3 is 2.67 bits per heavy atom. The van der Waals surface area contributed by atoms with Crippen molar-refractivity contribution in [3.05, 3.63) is 70.5 Å². The van der Waals surface area contributed by atoms with Gasteiger partial charge >= 0.3 is 0 Å². The summed E-state index contributed by atoms with van der Waals surface area (Å²) in [6.07, 6.45) is 7.84. The standard InChI is InChI=1S/C18H15NO2/c1-11-4-3-5-13(8-11)19-16-10-17(20)15-9-12(2)6-7-14(15)18(16)21/h3-7,9-10H,8H2,1-2H3. The molecular formula is C18H15NO2. The average molecular weight is 277 g/mol. The third kappa shape index (κ3) is 2.55. The minimum Gasteiger partial charge on any atom is -0.289 e. The van der Waals surface area contributed by atoms with E-state index in [1.54, 1.807) is 12.1 Å². The molecule has 21 heavy (non-hydrogen) atoms. The van der Waals surface area contributed by atoms with Gasteiger partial charge in [-0.15, -0.1) is 0 Å². The lowest BCUT2D eigenvalue weighted by Crippen LogP contribution is -2.17. The summed E-state index contributed by atoms with van der Waals surface area (Å²) < 4.78 is 0. The molecule has 3 rings (SSSR count). The number of hydrogen-bond acceptors (Lipinski definition) is 3. The van der Waals surface area contributed by atoms with Crippen molar-refractivity contribution in [2.24, 2.45) is 4.99 Å². The average Bonchev–Trinajstić information content (AvgIpc) is 2.44. The van der Waals surface area contributed by atoms with Crippen molar-refractivity contribution >= 4 is 17.3 Å². The number of Topliss-reactive ketones (excluding diaryl/α,β-unsaturated/α-hetero) is 1. The Balaban J connectivity index is 2.00. The zero-order valence-electron chi connectivity index (χ0n) is 12.0. The summed E-state index contributed by atoms with van der Waals surface area (Å²) in [5.41, 5.74) is 4.10. The number of benzene rings is 1. The van der Waals surface area contributed by atoms with Gasteiger partial charge in [0.05, 0.1) is 0 Å². The molecule has 0 aromatic heterocycles. The summed E-state index contributed by atoms with van der Waals surface area (Å²) >= 11 is 0. The van der Waals surface area contributed by atoms with Gasteiger partial charge in [0.2, 0.25) is 5.78 Å². The lowest BCUT2D eigenvalue weighted by atomic mass is 9.91. The summed E-state index contributed by atoms with van der Waals surface area (Å²) in [5.74, 6) is -0.336. The van der Waals surface area contributed by atoms with Crippen LogP contribution in [-0.4, -0.2) is 17.3 Å². The number of ketones is 2. The van der Waals surface area contributed by atoms with Gasteiger partial charge in [-0.25, -0.2) is 4.99 Å². The van der Waals surface area contributed by atoms with Gasteiger partial charge in [0, 0.05) is 29.3 Å². The predicted molar refractivity (Wildman–Crippen MR) is 82.9 cm³/mol. The summed E-state index contributed by atoms with van der Waals surface area (Å²) in [6.45, 7) is 3.92. The van der Waals surface area contributed by atoms with Crippen LogP contribution in [-0.2, 0) is 0 Å². The molecule has 0 heterocycles. The minimum atomic E-state index is -0.183. The zero-order chi connectivity index (χ0) is 15.0. The number of carbonyl (C=O) groups is 2. The van der Waals surface area contributed by atoms with Crippen molar-refractivity contribution in [3.63, 3.8) is 0 Å². The van der Waals surface area contributed by atoms with E-state index in [9.17, 15) is 9.59 Å². The van der Waals surface area contributed by atoms with E-state index in [1.165, 1.54) is 11.6 Å². The number of hydrogen-bond donors (Lipinski definition) is 0. The highest BCUT2D eigenvalue weighted by Crippen LogP contribution is 2.24. The molecule has 0 unspecified atom stereocenters. The van der Waals surface area contributed by atoms with E-state index in [0.29, 0.717) is 17.5 Å². The van der Waals surface area contributed by atoms with E-state index >= 15 is 0 Å². The van der Waals surface area contributed by atoms with Crippen LogP contribution in [0.15, 0.2) is 58.8 Å². The molecule has 0 amide bonds. The first-order valence-corrected chi connectivity index (χ1v) is 6.87. The topological polar surface area (TPSA) is 46.5 Å². The zero-order valence-corrected chi connectivity index (χ0v) is 12.0. The van der Waals surface area contributed by atoms with Crippen LogP contribution >= 0.6 is 0 Å². The second kappa shape index (κ2) is 5.09. The fourth-order valence-corrected chi connectivity index (χ4v) is 2.51. The molecule has 1 aromatic carbocycles. The van der Waals surface area contributed by atoms with Crippen LogP contribution in [0.25, 0.3) is 0 Å². The number of rotatable bonds is 1. The van der Waals surface area contributed by atoms with E-state index < -0.39 is 0 Å². The van der Waals surface area contributed by atoms with Crippen LogP contribution in [0.1, 0.15) is 39.6 Å². The summed E-state index contributed by atoms with van der Waals surface area (Å²) in [7, 11) is 0. The van der Waals surface area contributed by atoms with Crippen LogP contribution < -0.4 is 0 Å². The van der Waals surface area contributed by atoms with Gasteiger partial charge in [0.25, 0.3) is 0 Å². The van der Waals surface area contributed by atoms with Crippen LogP contribution in [0, 0.1) is 6.92 Å². The monoisotopic (exact) mass is 277 g/mol. The molecule has 0 saturated carbocycles. The molecule has 0 N–H and O–H groups in total. The highest BCUT2D eigenvalue weighted by molar-refractivity contribution is 6.25. The fraction of sp³-hybridized carbons (Fsp3) is 0.167. The maximum atomic E-state index is 12.5. The van der Waals surface area contributed by atoms with E-state index in [0.717, 1.165) is 11.3 Å². The lowest BCUT2D eigenvalue weighted by molar-refractivity contribution is 0.0983. The van der Waals surface area contributed by atoms with Crippen molar-refractivity contribution in [2.75, 3.05) is 0 Å². The van der Waals surface area contributed by atoms with Gasteiger partial charge < -0.3 is 0 Å². The van der Waals surface area contributed by atoms with E-state index in [1.807, 2.05) is 38.1 Å². The van der Waals surface area contributed by atoms with E-state index in [4.69, 9.17) is 0 Å². The molecule has 1 aromatic rings. The first-order valence-electron chi connectivity index (χ1n) is 6.87. The summed E-state index contributed by atoms with van der Waals surface area (Å²) in [6, 6.07) is 5.30. The SMILES string of the molecule is CC1=CC=CC(=NC2=CC(=O)c3cc(C)ccc3C2=O)C1. The highest BCUT2D eigenvalue weighted by Gasteiger charge is 2.25. The third-order valence-corrected chi connectivity index (χ3v) is 3.58. The van der Waals surface area contributed by atoms with Crippen molar-refractivity contribution in [1.82, 2.24) is 0 Å². The highest BCUT2D eigenvalue weighted by atomic mass is 16.1. The van der Waals surface area contributed by atoms with Gasteiger partial charge in [-0.3, -0.25) is 9.59 Å². The Bertz CT molecular complexity index is 776. The van der Waals surface area contributed by atoms with Crippen LogP contribution in [0.3, 0.4) is 0 Å². The number of aliphatic imine (C=N–C) groups is 1. The lowest BCUT2D eigenvalue weighted by Gasteiger charge is -2.14. The molecule has 0 aliphatic heterocycles. The fourth-order valence-electron chi connectivity index (χ4n) is 2.51. The summed E-state index contributed by atoms with van der Waals surface area (Å²) in [4.78, 5) is 29.0. The first-order chi connectivity index (χ1) is 10.0. The molecule has 0 bridgehead atoms. The second-order valence-electron chi connectivity index (χ2n) is 5.42. The third-order valence-electron chi connectivity index (χ3n) is 3.58. The Labute approximate surface area is 123 Å². The number of nitrogens with zero attached hydrogens (tertiary/aromatic N) is 1. The van der Waals surface area contributed by atoms with E-state index in [2.05, 4.69) is 4.99 Å². The quantitative estimate of drug-likeness (QED) is 0.787. The Kier molecular flexibility index (Phi) is 3.26. The van der Waals surface area contributed by atoms with Crippen molar-refractivity contribution in [1.29, 1.82) is 0 Å². The number of carbonyl (C=O) groups excluding carboxylic acids is 2. The summed E-state index contributed by atoms with van der Waals surface area (Å²) in [5, 5.41) is 0. The Morgan fingerprint density at radius 2 is 1.90 bits per heavy atom. The maximum absolute atomic E-state index is 12.5. The number of allylic oxidation sites excluding steroid dienone is 6. The molecule has 3 nitrogen and oxygen atoms in total. The molecule has 104 valence electrons. The Hall–Kier alpha value is -2.55. The molecule has 0 radical (unpaired) electrons. The first kappa shape index (κ1) is 13.4. The van der Waals surface area contributed by atoms with Crippen molar-refractivity contribution < 1.29 is 9.59 Å². The minimum absolute atomic E-state index is 0.153. The second-order valence-corrected chi connectivity index (χ2v) is 5.42. The number of fused-ring (bicyclic) bond motifs is 1. The van der Waals surface area contributed by atoms with Gasteiger partial charge in [-0.1, -0.05) is 29.4 Å². The normalized spacial score (nSPS) is 19.4. The molecule has 0 atom stereocenters. The Morgan fingerprint density at radius 1 is 1.10 bits per heavy atom. The molecule has 0 spiro atoms.